The minimum absolute atomic E-state index is 0.130. The van der Waals surface area contributed by atoms with E-state index in [2.05, 4.69) is 9.88 Å². The van der Waals surface area contributed by atoms with Gasteiger partial charge in [0.25, 0.3) is 0 Å². The smallest absolute Gasteiger partial charge is 0.246 e. The molecule has 98 valence electrons. The van der Waals surface area contributed by atoms with E-state index in [4.69, 9.17) is 4.52 Å². The molecule has 0 unspecified atom stereocenters. The molecule has 2 aromatic heterocycles. The number of aryl methyl sites for hydroxylation is 2. The molecule has 2 aromatic rings. The lowest BCUT2D eigenvalue weighted by molar-refractivity contribution is 0.390. The number of thiophene rings is 1. The minimum atomic E-state index is -3.60. The Bertz CT molecular complexity index is 610. The summed E-state index contributed by atoms with van der Waals surface area (Å²) >= 11 is 1.51. The van der Waals surface area contributed by atoms with E-state index in [0.717, 1.165) is 4.88 Å². The van der Waals surface area contributed by atoms with E-state index in [1.54, 1.807) is 13.8 Å². The van der Waals surface area contributed by atoms with E-state index < -0.39 is 10.0 Å². The first kappa shape index (κ1) is 13.3. The summed E-state index contributed by atoms with van der Waals surface area (Å²) in [5.41, 5.74) is 0.373. The summed E-state index contributed by atoms with van der Waals surface area (Å²) in [4.78, 5) is 1.09. The second-order valence-electron chi connectivity index (χ2n) is 4.01. The molecule has 0 aliphatic carbocycles. The van der Waals surface area contributed by atoms with Gasteiger partial charge in [0.15, 0.2) is 5.76 Å². The van der Waals surface area contributed by atoms with Crippen molar-refractivity contribution < 1.29 is 12.9 Å². The van der Waals surface area contributed by atoms with Crippen LogP contribution in [0.3, 0.4) is 0 Å². The molecule has 2 rings (SSSR count). The van der Waals surface area contributed by atoms with Gasteiger partial charge in [0.1, 0.15) is 10.6 Å². The van der Waals surface area contributed by atoms with Gasteiger partial charge in [-0.05, 0) is 32.2 Å². The zero-order valence-electron chi connectivity index (χ0n) is 10.3. The average Bonchev–Trinajstić information content (AvgIpc) is 2.87. The van der Waals surface area contributed by atoms with Gasteiger partial charge in [-0.2, -0.15) is 0 Å². The van der Waals surface area contributed by atoms with E-state index in [-0.39, 0.29) is 10.9 Å². The lowest BCUT2D eigenvalue weighted by Gasteiger charge is -2.12. The van der Waals surface area contributed by atoms with E-state index >= 15 is 0 Å². The number of nitrogens with zero attached hydrogens (tertiary/aromatic N) is 1. The number of sulfonamides is 1. The predicted octanol–water partition coefficient (Wildman–Crippen LogP) is 2.39. The van der Waals surface area contributed by atoms with Crippen molar-refractivity contribution in [1.29, 1.82) is 0 Å². The SMILES string of the molecule is Cc1noc(C)c1S(=O)(=O)N[C@H](C)c1cccs1. The van der Waals surface area contributed by atoms with Crippen LogP contribution < -0.4 is 4.72 Å². The highest BCUT2D eigenvalue weighted by Crippen LogP contribution is 2.23. The van der Waals surface area contributed by atoms with E-state index in [0.29, 0.717) is 11.5 Å². The standard InChI is InChI=1S/C11H14N2O3S2/c1-7(10-5-4-6-17-10)13-18(14,15)11-8(2)12-16-9(11)3/h4-7,13H,1-3H3/t7-/m1/s1. The van der Waals surface area contributed by atoms with Crippen molar-refractivity contribution >= 4 is 21.4 Å². The van der Waals surface area contributed by atoms with E-state index in [1.165, 1.54) is 11.3 Å². The number of aromatic nitrogens is 1. The second-order valence-corrected chi connectivity index (χ2v) is 6.64. The lowest BCUT2D eigenvalue weighted by Crippen LogP contribution is -2.27. The fourth-order valence-electron chi connectivity index (χ4n) is 1.75. The molecule has 1 atom stereocenters. The highest BCUT2D eigenvalue weighted by Gasteiger charge is 2.26. The number of rotatable bonds is 4. The van der Waals surface area contributed by atoms with Gasteiger partial charge < -0.3 is 4.52 Å². The number of hydrogen-bond acceptors (Lipinski definition) is 5. The molecule has 0 fully saturated rings. The summed E-state index contributed by atoms with van der Waals surface area (Å²) in [5, 5.41) is 5.57. The molecule has 0 bridgehead atoms. The fourth-order valence-corrected chi connectivity index (χ4v) is 4.11. The molecule has 7 heteroatoms. The van der Waals surface area contributed by atoms with Crippen molar-refractivity contribution in [2.45, 2.75) is 31.7 Å². The Morgan fingerprint density at radius 3 is 2.67 bits per heavy atom. The minimum Gasteiger partial charge on any atom is -0.360 e. The molecular formula is C11H14N2O3S2. The monoisotopic (exact) mass is 286 g/mol. The van der Waals surface area contributed by atoms with Crippen LogP contribution in [0.5, 0.6) is 0 Å². The maximum absolute atomic E-state index is 12.2. The van der Waals surface area contributed by atoms with Crippen LogP contribution in [0.25, 0.3) is 0 Å². The van der Waals surface area contributed by atoms with Crippen LogP contribution in [-0.4, -0.2) is 13.6 Å². The molecule has 5 nitrogen and oxygen atoms in total. The van der Waals surface area contributed by atoms with Crippen LogP contribution >= 0.6 is 11.3 Å². The highest BCUT2D eigenvalue weighted by molar-refractivity contribution is 7.89. The van der Waals surface area contributed by atoms with Crippen LogP contribution in [0, 0.1) is 13.8 Å². The van der Waals surface area contributed by atoms with Crippen molar-refractivity contribution in [1.82, 2.24) is 9.88 Å². The molecule has 0 amide bonds. The Morgan fingerprint density at radius 2 is 2.17 bits per heavy atom. The third kappa shape index (κ3) is 2.47. The van der Waals surface area contributed by atoms with E-state index in [1.807, 2.05) is 24.4 Å². The third-order valence-electron chi connectivity index (χ3n) is 2.54. The van der Waals surface area contributed by atoms with Crippen LogP contribution in [0.2, 0.25) is 0 Å². The molecule has 0 spiro atoms. The lowest BCUT2D eigenvalue weighted by atomic mass is 10.3. The van der Waals surface area contributed by atoms with Crippen LogP contribution in [0.1, 0.15) is 29.3 Å². The average molecular weight is 286 g/mol. The summed E-state index contributed by atoms with van der Waals surface area (Å²) in [5.74, 6) is 0.304. The molecule has 0 saturated carbocycles. The van der Waals surface area contributed by atoms with E-state index in [9.17, 15) is 8.42 Å². The Hall–Kier alpha value is -1.18. The molecule has 0 aliphatic heterocycles. The van der Waals surface area contributed by atoms with Gasteiger partial charge in [-0.1, -0.05) is 11.2 Å². The summed E-state index contributed by atoms with van der Waals surface area (Å²) in [6.07, 6.45) is 0. The zero-order chi connectivity index (χ0) is 13.3. The van der Waals surface area contributed by atoms with Gasteiger partial charge in [0.2, 0.25) is 10.0 Å². The van der Waals surface area contributed by atoms with Crippen molar-refractivity contribution in [2.75, 3.05) is 0 Å². The molecular weight excluding hydrogens is 272 g/mol. The molecule has 2 heterocycles. The summed E-state index contributed by atoms with van der Waals surface area (Å²) in [6.45, 7) is 5.01. The normalized spacial score (nSPS) is 13.7. The van der Waals surface area contributed by atoms with Crippen molar-refractivity contribution in [3.8, 4) is 0 Å². The molecule has 0 radical (unpaired) electrons. The second kappa shape index (κ2) is 4.83. The quantitative estimate of drug-likeness (QED) is 0.936. The Morgan fingerprint density at radius 1 is 1.44 bits per heavy atom. The van der Waals surface area contributed by atoms with Gasteiger partial charge in [0, 0.05) is 4.88 Å². The van der Waals surface area contributed by atoms with Crippen LogP contribution in [-0.2, 0) is 10.0 Å². The molecule has 1 N–H and O–H groups in total. The van der Waals surface area contributed by atoms with Gasteiger partial charge in [0.05, 0.1) is 6.04 Å². The van der Waals surface area contributed by atoms with Crippen molar-refractivity contribution in [2.24, 2.45) is 0 Å². The first-order valence-electron chi connectivity index (χ1n) is 5.40. The van der Waals surface area contributed by atoms with Gasteiger partial charge in [-0.3, -0.25) is 0 Å². The van der Waals surface area contributed by atoms with Crippen LogP contribution in [0.15, 0.2) is 26.9 Å². The van der Waals surface area contributed by atoms with Crippen molar-refractivity contribution in [3.63, 3.8) is 0 Å². The molecule has 0 saturated heterocycles. The van der Waals surface area contributed by atoms with Gasteiger partial charge >= 0.3 is 0 Å². The summed E-state index contributed by atoms with van der Waals surface area (Å²) in [6, 6.07) is 3.51. The van der Waals surface area contributed by atoms with Gasteiger partial charge in [-0.15, -0.1) is 11.3 Å². The predicted molar refractivity (Wildman–Crippen MR) is 69.0 cm³/mol. The summed E-state index contributed by atoms with van der Waals surface area (Å²) in [7, 11) is -3.60. The zero-order valence-corrected chi connectivity index (χ0v) is 11.9. The maximum atomic E-state index is 12.2. The van der Waals surface area contributed by atoms with Crippen LogP contribution in [0.4, 0.5) is 0 Å². The maximum Gasteiger partial charge on any atom is 0.246 e. The number of hydrogen-bond donors (Lipinski definition) is 1. The first-order valence-corrected chi connectivity index (χ1v) is 7.76. The Kier molecular flexibility index (Phi) is 3.56. The first-order chi connectivity index (χ1) is 8.42. The molecule has 0 aromatic carbocycles. The summed E-state index contributed by atoms with van der Waals surface area (Å²) < 4.78 is 32.0. The van der Waals surface area contributed by atoms with Gasteiger partial charge in [-0.25, -0.2) is 13.1 Å². The molecule has 18 heavy (non-hydrogen) atoms. The molecule has 0 aliphatic rings. The topological polar surface area (TPSA) is 72.2 Å². The largest absolute Gasteiger partial charge is 0.360 e. The van der Waals surface area contributed by atoms with Crippen molar-refractivity contribution in [3.05, 3.63) is 33.8 Å². The highest BCUT2D eigenvalue weighted by atomic mass is 32.2. The Labute approximate surface area is 110 Å². The number of nitrogens with one attached hydrogen (secondary N) is 1. The Balaban J connectivity index is 2.28. The third-order valence-corrected chi connectivity index (χ3v) is 5.38. The fraction of sp³-hybridized carbons (Fsp3) is 0.364.